The molecule has 3 aromatic heterocycles. The summed E-state index contributed by atoms with van der Waals surface area (Å²) in [5, 5.41) is 7.39. The van der Waals surface area contributed by atoms with Gasteiger partial charge in [-0.2, -0.15) is 4.98 Å². The fourth-order valence-electron chi connectivity index (χ4n) is 2.83. The minimum absolute atomic E-state index is 0.0328. The smallest absolute Gasteiger partial charge is 0.262 e. The Morgan fingerprint density at radius 2 is 2.08 bits per heavy atom. The monoisotopic (exact) mass is 382 g/mol. The van der Waals surface area contributed by atoms with Crippen LogP contribution in [0.5, 0.6) is 0 Å². The summed E-state index contributed by atoms with van der Waals surface area (Å²) < 4.78 is 7.18. The standard InChI is InChI=1S/C18H14N4O2S2/c23-17-12-4-1-2-5-13(12)19-18(22(17)11-7-8-11)26-10-15-20-16(21-24-15)14-6-3-9-25-14/h1-6,9,11H,7-8,10H2. The lowest BCUT2D eigenvalue weighted by Crippen LogP contribution is -2.22. The minimum Gasteiger partial charge on any atom is -0.338 e. The normalized spacial score (nSPS) is 14.2. The largest absolute Gasteiger partial charge is 0.338 e. The zero-order valence-electron chi connectivity index (χ0n) is 13.7. The molecule has 0 N–H and O–H groups in total. The lowest BCUT2D eigenvalue weighted by molar-refractivity contribution is 0.391. The van der Waals surface area contributed by atoms with E-state index in [2.05, 4.69) is 10.1 Å². The third-order valence-corrected chi connectivity index (χ3v) is 6.03. The summed E-state index contributed by atoms with van der Waals surface area (Å²) in [5.74, 6) is 1.61. The average Bonchev–Trinajstić information content (AvgIpc) is 3.15. The van der Waals surface area contributed by atoms with E-state index in [-0.39, 0.29) is 11.6 Å². The molecule has 130 valence electrons. The molecule has 6 nitrogen and oxygen atoms in total. The third kappa shape index (κ3) is 2.85. The number of thiophene rings is 1. The van der Waals surface area contributed by atoms with Crippen molar-refractivity contribution < 1.29 is 4.52 Å². The van der Waals surface area contributed by atoms with Gasteiger partial charge in [0.2, 0.25) is 11.7 Å². The Kier molecular flexibility index (Phi) is 3.86. The molecule has 0 unspecified atom stereocenters. The van der Waals surface area contributed by atoms with E-state index in [1.165, 1.54) is 11.8 Å². The van der Waals surface area contributed by atoms with Crippen LogP contribution in [0.1, 0.15) is 24.8 Å². The molecule has 1 fully saturated rings. The van der Waals surface area contributed by atoms with E-state index in [0.29, 0.717) is 28.0 Å². The highest BCUT2D eigenvalue weighted by atomic mass is 32.2. The van der Waals surface area contributed by atoms with Gasteiger partial charge in [0.25, 0.3) is 5.56 Å². The number of thioether (sulfide) groups is 1. The van der Waals surface area contributed by atoms with E-state index in [1.807, 2.05) is 46.3 Å². The van der Waals surface area contributed by atoms with Crippen LogP contribution < -0.4 is 5.56 Å². The van der Waals surface area contributed by atoms with Crippen LogP contribution in [0.15, 0.2) is 56.3 Å². The average molecular weight is 382 g/mol. The van der Waals surface area contributed by atoms with Crippen molar-refractivity contribution in [3.05, 3.63) is 58.0 Å². The highest BCUT2D eigenvalue weighted by molar-refractivity contribution is 7.98. The number of para-hydroxylation sites is 1. The highest BCUT2D eigenvalue weighted by Gasteiger charge is 2.28. The second-order valence-electron chi connectivity index (χ2n) is 6.10. The van der Waals surface area contributed by atoms with E-state index in [1.54, 1.807) is 11.3 Å². The zero-order chi connectivity index (χ0) is 17.5. The van der Waals surface area contributed by atoms with Crippen LogP contribution in [0.2, 0.25) is 0 Å². The molecule has 8 heteroatoms. The summed E-state index contributed by atoms with van der Waals surface area (Å²) in [6.07, 6.45) is 2.05. The molecular formula is C18H14N4O2S2. The fraction of sp³-hybridized carbons (Fsp3) is 0.222. The van der Waals surface area contributed by atoms with Gasteiger partial charge in [0.1, 0.15) is 0 Å². The van der Waals surface area contributed by atoms with E-state index < -0.39 is 0 Å². The number of hydrogen-bond donors (Lipinski definition) is 0. The topological polar surface area (TPSA) is 73.8 Å². The van der Waals surface area contributed by atoms with Crippen LogP contribution in [-0.2, 0) is 5.75 Å². The molecule has 3 heterocycles. The quantitative estimate of drug-likeness (QED) is 0.382. The van der Waals surface area contributed by atoms with Crippen LogP contribution >= 0.6 is 23.1 Å². The predicted molar refractivity (Wildman–Crippen MR) is 101 cm³/mol. The summed E-state index contributed by atoms with van der Waals surface area (Å²) in [6.45, 7) is 0. The number of aromatic nitrogens is 4. The van der Waals surface area contributed by atoms with E-state index in [9.17, 15) is 4.79 Å². The van der Waals surface area contributed by atoms with Gasteiger partial charge >= 0.3 is 0 Å². The van der Waals surface area contributed by atoms with Gasteiger partial charge < -0.3 is 4.52 Å². The molecule has 0 saturated heterocycles. The van der Waals surface area contributed by atoms with Crippen LogP contribution in [-0.4, -0.2) is 19.7 Å². The fourth-order valence-corrected chi connectivity index (χ4v) is 4.38. The molecule has 4 aromatic rings. The highest BCUT2D eigenvalue weighted by Crippen LogP contribution is 2.37. The van der Waals surface area contributed by atoms with Crippen molar-refractivity contribution in [2.75, 3.05) is 0 Å². The van der Waals surface area contributed by atoms with Crippen molar-refractivity contribution in [3.63, 3.8) is 0 Å². The Morgan fingerprint density at radius 1 is 1.19 bits per heavy atom. The van der Waals surface area contributed by atoms with Crippen LogP contribution in [0, 0.1) is 0 Å². The molecule has 0 aliphatic heterocycles. The van der Waals surface area contributed by atoms with Gasteiger partial charge in [-0.3, -0.25) is 9.36 Å². The van der Waals surface area contributed by atoms with Crippen molar-refractivity contribution in [3.8, 4) is 10.7 Å². The SMILES string of the molecule is O=c1c2ccccc2nc(SCc2nc(-c3cccs3)no2)n1C1CC1. The lowest BCUT2D eigenvalue weighted by Gasteiger charge is -2.11. The number of rotatable bonds is 5. The molecule has 5 rings (SSSR count). The second kappa shape index (κ2) is 6.37. The molecule has 0 atom stereocenters. The predicted octanol–water partition coefficient (Wildman–Crippen LogP) is 4.14. The van der Waals surface area contributed by atoms with E-state index >= 15 is 0 Å². The third-order valence-electron chi connectivity index (χ3n) is 4.22. The van der Waals surface area contributed by atoms with Crippen LogP contribution in [0.4, 0.5) is 0 Å². The maximum atomic E-state index is 12.9. The number of benzene rings is 1. The summed E-state index contributed by atoms with van der Waals surface area (Å²) in [7, 11) is 0. The molecule has 1 saturated carbocycles. The zero-order valence-corrected chi connectivity index (χ0v) is 15.3. The first-order valence-corrected chi connectivity index (χ1v) is 10.2. The van der Waals surface area contributed by atoms with Gasteiger partial charge in [-0.25, -0.2) is 4.98 Å². The van der Waals surface area contributed by atoms with Crippen molar-refractivity contribution in [1.82, 2.24) is 19.7 Å². The van der Waals surface area contributed by atoms with E-state index in [0.717, 1.165) is 23.2 Å². The Hall–Kier alpha value is -2.45. The van der Waals surface area contributed by atoms with Gasteiger partial charge in [-0.05, 0) is 36.4 Å². The first kappa shape index (κ1) is 15.8. The number of nitrogens with zero attached hydrogens (tertiary/aromatic N) is 4. The van der Waals surface area contributed by atoms with E-state index in [4.69, 9.17) is 9.51 Å². The van der Waals surface area contributed by atoms with Crippen LogP contribution in [0.3, 0.4) is 0 Å². The molecule has 0 bridgehead atoms. The van der Waals surface area contributed by atoms with Gasteiger partial charge in [0, 0.05) is 6.04 Å². The molecule has 1 aliphatic carbocycles. The van der Waals surface area contributed by atoms with Gasteiger partial charge in [-0.1, -0.05) is 35.1 Å². The Bertz CT molecular complexity index is 1130. The minimum atomic E-state index is 0.0328. The lowest BCUT2D eigenvalue weighted by atomic mass is 10.2. The van der Waals surface area contributed by atoms with Crippen LogP contribution in [0.25, 0.3) is 21.6 Å². The molecule has 26 heavy (non-hydrogen) atoms. The van der Waals surface area contributed by atoms with Crippen molar-refractivity contribution >= 4 is 34.0 Å². The molecule has 1 aromatic carbocycles. The molecular weight excluding hydrogens is 368 g/mol. The number of hydrogen-bond acceptors (Lipinski definition) is 7. The molecule has 0 spiro atoms. The summed E-state index contributed by atoms with van der Waals surface area (Å²) in [5.41, 5.74) is 0.757. The first-order chi connectivity index (χ1) is 12.8. The van der Waals surface area contributed by atoms with Crippen molar-refractivity contribution in [1.29, 1.82) is 0 Å². The van der Waals surface area contributed by atoms with Crippen molar-refractivity contribution in [2.24, 2.45) is 0 Å². The maximum absolute atomic E-state index is 12.9. The Labute approximate surface area is 156 Å². The first-order valence-electron chi connectivity index (χ1n) is 8.30. The summed E-state index contributed by atoms with van der Waals surface area (Å²) in [6, 6.07) is 11.7. The molecule has 0 radical (unpaired) electrons. The van der Waals surface area contributed by atoms with Gasteiger partial charge in [-0.15, -0.1) is 11.3 Å². The maximum Gasteiger partial charge on any atom is 0.262 e. The Balaban J connectivity index is 1.46. The molecule has 1 aliphatic rings. The molecule has 0 amide bonds. The number of fused-ring (bicyclic) bond motifs is 1. The van der Waals surface area contributed by atoms with Crippen molar-refractivity contribution in [2.45, 2.75) is 29.8 Å². The summed E-state index contributed by atoms with van der Waals surface area (Å²) >= 11 is 3.04. The summed E-state index contributed by atoms with van der Waals surface area (Å²) in [4.78, 5) is 23.0. The second-order valence-corrected chi connectivity index (χ2v) is 7.99. The van der Waals surface area contributed by atoms with Gasteiger partial charge in [0.05, 0.1) is 21.5 Å². The Morgan fingerprint density at radius 3 is 2.88 bits per heavy atom. The van der Waals surface area contributed by atoms with Gasteiger partial charge in [0.15, 0.2) is 5.16 Å².